The van der Waals surface area contributed by atoms with Crippen molar-refractivity contribution in [3.05, 3.63) is 47.5 Å². The van der Waals surface area contributed by atoms with Crippen LogP contribution in [0.25, 0.3) is 10.9 Å². The van der Waals surface area contributed by atoms with Crippen molar-refractivity contribution >= 4 is 38.0 Å². The zero-order chi connectivity index (χ0) is 15.7. The predicted octanol–water partition coefficient (Wildman–Crippen LogP) is 3.41. The van der Waals surface area contributed by atoms with Gasteiger partial charge < -0.3 is 4.74 Å². The monoisotopic (exact) mass is 334 g/mol. The van der Waals surface area contributed by atoms with Gasteiger partial charge in [-0.25, -0.2) is 8.42 Å². The number of hydrogen-bond acceptors (Lipinski definition) is 5. The van der Waals surface area contributed by atoms with Gasteiger partial charge in [0, 0.05) is 22.5 Å². The number of anilines is 1. The molecule has 114 valence electrons. The van der Waals surface area contributed by atoms with Gasteiger partial charge in [-0.05, 0) is 31.2 Å². The average molecular weight is 334 g/mol. The van der Waals surface area contributed by atoms with E-state index in [1.807, 2.05) is 19.1 Å². The van der Waals surface area contributed by atoms with Gasteiger partial charge in [0.05, 0.1) is 18.3 Å². The predicted molar refractivity (Wildman–Crippen MR) is 88.2 cm³/mol. The minimum Gasteiger partial charge on any atom is -0.497 e. The van der Waals surface area contributed by atoms with E-state index in [2.05, 4.69) is 9.71 Å². The van der Waals surface area contributed by atoms with Crippen LogP contribution >= 0.6 is 11.3 Å². The highest BCUT2D eigenvalue weighted by Gasteiger charge is 2.18. The molecule has 0 aliphatic heterocycles. The van der Waals surface area contributed by atoms with Crippen LogP contribution in [0, 0.1) is 6.92 Å². The van der Waals surface area contributed by atoms with E-state index in [0.717, 1.165) is 10.3 Å². The number of rotatable bonds is 4. The Bertz CT molecular complexity index is 933. The molecule has 0 fully saturated rings. The normalized spacial score (nSPS) is 11.5. The molecule has 0 aliphatic carbocycles. The van der Waals surface area contributed by atoms with Gasteiger partial charge >= 0.3 is 0 Å². The van der Waals surface area contributed by atoms with Crippen LogP contribution in [0.5, 0.6) is 5.75 Å². The minimum atomic E-state index is -3.64. The van der Waals surface area contributed by atoms with E-state index in [0.29, 0.717) is 17.0 Å². The maximum absolute atomic E-state index is 12.5. The second-order valence-corrected chi connectivity index (χ2v) is 7.92. The van der Waals surface area contributed by atoms with Crippen LogP contribution in [0.2, 0.25) is 0 Å². The summed E-state index contributed by atoms with van der Waals surface area (Å²) in [4.78, 5) is 5.20. The van der Waals surface area contributed by atoms with E-state index >= 15 is 0 Å². The quantitative estimate of drug-likeness (QED) is 0.794. The first kappa shape index (κ1) is 14.8. The maximum Gasteiger partial charge on any atom is 0.271 e. The van der Waals surface area contributed by atoms with Gasteiger partial charge in [-0.15, -0.1) is 11.3 Å². The molecule has 3 aromatic rings. The van der Waals surface area contributed by atoms with Crippen LogP contribution in [0.4, 0.5) is 5.69 Å². The lowest BCUT2D eigenvalue weighted by atomic mass is 10.2. The number of hydrogen-bond donors (Lipinski definition) is 1. The third-order valence-electron chi connectivity index (χ3n) is 3.14. The number of nitrogens with one attached hydrogen (secondary N) is 1. The van der Waals surface area contributed by atoms with Crippen molar-refractivity contribution in [3.63, 3.8) is 0 Å². The Labute approximate surface area is 132 Å². The summed E-state index contributed by atoms with van der Waals surface area (Å²) in [5.41, 5.74) is 0.987. The van der Waals surface area contributed by atoms with Gasteiger partial charge in [0.2, 0.25) is 0 Å². The molecule has 1 N–H and O–H groups in total. The Balaban J connectivity index is 2.10. The second kappa shape index (κ2) is 5.58. The Morgan fingerprint density at radius 2 is 2.05 bits per heavy atom. The molecule has 0 atom stereocenters. The van der Waals surface area contributed by atoms with Gasteiger partial charge in [-0.2, -0.15) is 0 Å². The van der Waals surface area contributed by atoms with E-state index < -0.39 is 10.0 Å². The molecular weight excluding hydrogens is 320 g/mol. The minimum absolute atomic E-state index is 0.275. The van der Waals surface area contributed by atoms with Crippen LogP contribution in [0.15, 0.2) is 46.8 Å². The molecule has 0 unspecified atom stereocenters. The summed E-state index contributed by atoms with van der Waals surface area (Å²) < 4.78 is 33.1. The topological polar surface area (TPSA) is 68.3 Å². The number of aromatic nitrogens is 1. The molecule has 0 aliphatic rings. The van der Waals surface area contributed by atoms with Crippen molar-refractivity contribution in [3.8, 4) is 5.75 Å². The number of fused-ring (bicyclic) bond motifs is 1. The smallest absolute Gasteiger partial charge is 0.271 e. The zero-order valence-electron chi connectivity index (χ0n) is 12.0. The number of methoxy groups -OCH3 is 1. The van der Waals surface area contributed by atoms with Crippen LogP contribution in [0.1, 0.15) is 4.88 Å². The highest BCUT2D eigenvalue weighted by Crippen LogP contribution is 2.30. The third-order valence-corrected chi connectivity index (χ3v) is 6.00. The molecule has 22 heavy (non-hydrogen) atoms. The fraction of sp³-hybridized carbons (Fsp3) is 0.133. The van der Waals surface area contributed by atoms with Gasteiger partial charge in [0.15, 0.2) is 0 Å². The van der Waals surface area contributed by atoms with Crippen molar-refractivity contribution in [2.75, 3.05) is 11.8 Å². The first-order valence-corrected chi connectivity index (χ1v) is 8.81. The van der Waals surface area contributed by atoms with Crippen LogP contribution in [-0.2, 0) is 10.0 Å². The average Bonchev–Trinajstić information content (AvgIpc) is 2.94. The van der Waals surface area contributed by atoms with Gasteiger partial charge in [-0.3, -0.25) is 9.71 Å². The molecule has 2 aromatic heterocycles. The largest absolute Gasteiger partial charge is 0.497 e. The third kappa shape index (κ3) is 2.77. The highest BCUT2D eigenvalue weighted by atomic mass is 32.2. The molecule has 5 nitrogen and oxygen atoms in total. The molecule has 3 rings (SSSR count). The van der Waals surface area contributed by atoms with Crippen LogP contribution in [-0.4, -0.2) is 20.5 Å². The summed E-state index contributed by atoms with van der Waals surface area (Å²) in [6.07, 6.45) is 1.63. The van der Waals surface area contributed by atoms with Crippen LogP contribution in [0.3, 0.4) is 0 Å². The van der Waals surface area contributed by atoms with Gasteiger partial charge in [-0.1, -0.05) is 6.07 Å². The Kier molecular flexibility index (Phi) is 3.76. The first-order valence-electron chi connectivity index (χ1n) is 6.51. The highest BCUT2D eigenvalue weighted by molar-refractivity contribution is 7.94. The molecule has 0 saturated heterocycles. The summed E-state index contributed by atoms with van der Waals surface area (Å²) in [5, 5.41) is 0.807. The molecule has 0 bridgehead atoms. The summed E-state index contributed by atoms with van der Waals surface area (Å²) in [5.74, 6) is 0.570. The van der Waals surface area contributed by atoms with Crippen molar-refractivity contribution < 1.29 is 13.2 Å². The van der Waals surface area contributed by atoms with Crippen LogP contribution < -0.4 is 9.46 Å². The summed E-state index contributed by atoms with van der Waals surface area (Å²) in [6.45, 7) is 1.87. The number of benzene rings is 1. The summed E-state index contributed by atoms with van der Waals surface area (Å²) >= 11 is 1.23. The summed E-state index contributed by atoms with van der Waals surface area (Å²) in [7, 11) is -2.10. The number of thiophene rings is 1. The van der Waals surface area contributed by atoms with Crippen molar-refractivity contribution in [1.29, 1.82) is 0 Å². The zero-order valence-corrected chi connectivity index (χ0v) is 13.7. The standard InChI is InChI=1S/C15H14N2O3S2/c1-10-5-6-14(21-10)22(18,19)17-13-9-12(20-2)8-11-4-3-7-16-15(11)13/h3-9,17H,1-2H3. The Morgan fingerprint density at radius 1 is 1.23 bits per heavy atom. The Hall–Kier alpha value is -2.12. The summed E-state index contributed by atoms with van der Waals surface area (Å²) in [6, 6.07) is 10.5. The van der Waals surface area contributed by atoms with E-state index in [9.17, 15) is 8.42 Å². The Morgan fingerprint density at radius 3 is 2.73 bits per heavy atom. The van der Waals surface area contributed by atoms with E-state index in [1.54, 1.807) is 37.6 Å². The molecular formula is C15H14N2O3S2. The van der Waals surface area contributed by atoms with Gasteiger partial charge in [0.1, 0.15) is 9.96 Å². The molecule has 0 radical (unpaired) electrons. The SMILES string of the molecule is COc1cc(NS(=O)(=O)c2ccc(C)s2)c2ncccc2c1. The lowest BCUT2D eigenvalue weighted by molar-refractivity contribution is 0.415. The number of nitrogens with zero attached hydrogens (tertiary/aromatic N) is 1. The number of pyridine rings is 1. The molecule has 1 aromatic carbocycles. The fourth-order valence-electron chi connectivity index (χ4n) is 2.11. The molecule has 2 heterocycles. The van der Waals surface area contributed by atoms with Crippen molar-refractivity contribution in [1.82, 2.24) is 4.98 Å². The lowest BCUT2D eigenvalue weighted by Crippen LogP contribution is -2.12. The molecule has 7 heteroatoms. The second-order valence-electron chi connectivity index (χ2n) is 4.72. The van der Waals surface area contributed by atoms with Crippen molar-refractivity contribution in [2.24, 2.45) is 0 Å². The molecule has 0 saturated carbocycles. The number of aryl methyl sites for hydroxylation is 1. The van der Waals surface area contributed by atoms with E-state index in [-0.39, 0.29) is 4.21 Å². The molecule has 0 spiro atoms. The maximum atomic E-state index is 12.5. The van der Waals surface area contributed by atoms with Crippen molar-refractivity contribution in [2.45, 2.75) is 11.1 Å². The van der Waals surface area contributed by atoms with Gasteiger partial charge in [0.25, 0.3) is 10.0 Å². The van der Waals surface area contributed by atoms with E-state index in [1.165, 1.54) is 11.3 Å². The fourth-order valence-corrected chi connectivity index (χ4v) is 4.45. The first-order chi connectivity index (χ1) is 10.5. The lowest BCUT2D eigenvalue weighted by Gasteiger charge is -2.11. The van der Waals surface area contributed by atoms with E-state index in [4.69, 9.17) is 4.74 Å². The molecule has 0 amide bonds. The number of ether oxygens (including phenoxy) is 1. The number of sulfonamides is 1.